The van der Waals surface area contributed by atoms with E-state index in [9.17, 15) is 8.42 Å². The van der Waals surface area contributed by atoms with Crippen LogP contribution >= 0.6 is 10.8 Å². The SMILES string of the molecule is NCCCSS(=O)(=O)O.[H-].[Na+]. The Kier molecular flexibility index (Phi) is 9.51. The van der Waals surface area contributed by atoms with Gasteiger partial charge in [-0.3, -0.25) is 4.55 Å². The molecule has 0 aliphatic carbocycles. The molecule has 58 valence electrons. The van der Waals surface area contributed by atoms with E-state index in [0.717, 1.165) is 0 Å². The van der Waals surface area contributed by atoms with Crippen molar-refractivity contribution in [2.45, 2.75) is 6.42 Å². The Morgan fingerprint density at radius 1 is 1.60 bits per heavy atom. The second kappa shape index (κ2) is 6.90. The van der Waals surface area contributed by atoms with Gasteiger partial charge in [-0.15, -0.1) is 0 Å². The Balaban J connectivity index is -0.000000320. The Morgan fingerprint density at radius 2 is 2.10 bits per heavy atom. The van der Waals surface area contributed by atoms with Crippen LogP contribution in [0.25, 0.3) is 0 Å². The number of nitrogens with two attached hydrogens (primary N) is 1. The molecule has 0 atom stereocenters. The third-order valence-electron chi connectivity index (χ3n) is 0.581. The zero-order valence-electron chi connectivity index (χ0n) is 6.78. The van der Waals surface area contributed by atoms with Crippen molar-refractivity contribution in [2.75, 3.05) is 12.3 Å². The summed E-state index contributed by atoms with van der Waals surface area (Å²) in [5, 5.41) is 0. The average molecular weight is 195 g/mol. The van der Waals surface area contributed by atoms with Gasteiger partial charge in [-0.25, -0.2) is 0 Å². The molecule has 4 nitrogen and oxygen atoms in total. The van der Waals surface area contributed by atoms with Crippen molar-refractivity contribution < 1.29 is 44.0 Å². The molecular formula is C3H10NNaO3S2. The molecule has 0 aromatic carbocycles. The molecule has 3 N–H and O–H groups in total. The van der Waals surface area contributed by atoms with E-state index < -0.39 is 9.15 Å². The first-order valence-electron chi connectivity index (χ1n) is 2.38. The van der Waals surface area contributed by atoms with Crippen molar-refractivity contribution in [3.8, 4) is 0 Å². The van der Waals surface area contributed by atoms with E-state index in [0.29, 0.717) is 29.5 Å². The summed E-state index contributed by atoms with van der Waals surface area (Å²) in [6, 6.07) is 0. The zero-order valence-corrected chi connectivity index (χ0v) is 9.41. The van der Waals surface area contributed by atoms with E-state index in [2.05, 4.69) is 0 Å². The molecular weight excluding hydrogens is 185 g/mol. The van der Waals surface area contributed by atoms with E-state index >= 15 is 0 Å². The Morgan fingerprint density at radius 3 is 2.40 bits per heavy atom. The van der Waals surface area contributed by atoms with Crippen LogP contribution in [0.4, 0.5) is 0 Å². The molecule has 7 heteroatoms. The molecule has 0 aliphatic heterocycles. The third-order valence-corrected chi connectivity index (χ3v) is 2.73. The second-order valence-corrected chi connectivity index (χ2v) is 4.86. The maximum atomic E-state index is 9.98. The maximum absolute atomic E-state index is 9.98. The van der Waals surface area contributed by atoms with Gasteiger partial charge in [0, 0.05) is 5.75 Å². The van der Waals surface area contributed by atoms with Crippen molar-refractivity contribution >= 4 is 19.9 Å². The molecule has 10 heavy (non-hydrogen) atoms. The summed E-state index contributed by atoms with van der Waals surface area (Å²) in [7, 11) is -3.33. The molecule has 0 spiro atoms. The summed E-state index contributed by atoms with van der Waals surface area (Å²) in [5.74, 6) is 0.356. The summed E-state index contributed by atoms with van der Waals surface area (Å²) in [6.07, 6.45) is 0.602. The first kappa shape index (κ1) is 13.8. The first-order valence-corrected chi connectivity index (χ1v) is 5.32. The molecule has 0 heterocycles. The van der Waals surface area contributed by atoms with Gasteiger partial charge in [-0.1, -0.05) is 0 Å². The maximum Gasteiger partial charge on any atom is 1.00 e. The number of hydrogen-bond donors (Lipinski definition) is 2. The molecule has 0 bridgehead atoms. The first-order chi connectivity index (χ1) is 4.06. The van der Waals surface area contributed by atoms with Crippen molar-refractivity contribution in [3.05, 3.63) is 0 Å². The normalized spacial score (nSPS) is 10.6. The summed E-state index contributed by atoms with van der Waals surface area (Å²) in [5.41, 5.74) is 5.07. The van der Waals surface area contributed by atoms with Crippen LogP contribution in [0.2, 0.25) is 0 Å². The van der Waals surface area contributed by atoms with Crippen LogP contribution in [0, 0.1) is 0 Å². The quantitative estimate of drug-likeness (QED) is 0.216. The van der Waals surface area contributed by atoms with Gasteiger partial charge in [0.2, 0.25) is 0 Å². The van der Waals surface area contributed by atoms with Crippen molar-refractivity contribution in [1.29, 1.82) is 0 Å². The topological polar surface area (TPSA) is 80.4 Å². The molecule has 0 aliphatic rings. The Bertz CT molecular complexity index is 162. The summed E-state index contributed by atoms with van der Waals surface area (Å²) in [6.45, 7) is 0.447. The molecule has 0 saturated carbocycles. The smallest absolute Gasteiger partial charge is 1.00 e. The van der Waals surface area contributed by atoms with Crippen LogP contribution < -0.4 is 35.3 Å². The minimum atomic E-state index is -3.84. The third kappa shape index (κ3) is 12.0. The van der Waals surface area contributed by atoms with Gasteiger partial charge in [-0.2, -0.15) is 8.42 Å². The predicted molar refractivity (Wildman–Crippen MR) is 38.8 cm³/mol. The minimum Gasteiger partial charge on any atom is -1.00 e. The van der Waals surface area contributed by atoms with E-state index in [1.54, 1.807) is 0 Å². The van der Waals surface area contributed by atoms with Gasteiger partial charge in [0.1, 0.15) is 0 Å². The average Bonchev–Trinajstić information content (AvgIpc) is 1.63. The van der Waals surface area contributed by atoms with E-state index in [1.807, 2.05) is 0 Å². The zero-order chi connectivity index (χ0) is 7.33. The predicted octanol–water partition coefficient (Wildman–Crippen LogP) is -3.01. The minimum absolute atomic E-state index is 0. The summed E-state index contributed by atoms with van der Waals surface area (Å²) in [4.78, 5) is 0. The second-order valence-electron chi connectivity index (χ2n) is 1.39. The summed E-state index contributed by atoms with van der Waals surface area (Å²) < 4.78 is 28.1. The molecule has 0 unspecified atom stereocenters. The van der Waals surface area contributed by atoms with Crippen LogP contribution in [0.1, 0.15) is 7.85 Å². The van der Waals surface area contributed by atoms with E-state index in [-0.39, 0.29) is 31.0 Å². The van der Waals surface area contributed by atoms with Crippen LogP contribution in [-0.2, 0) is 9.15 Å². The molecule has 0 rings (SSSR count). The fraction of sp³-hybridized carbons (Fsp3) is 1.00. The van der Waals surface area contributed by atoms with Crippen molar-refractivity contribution in [2.24, 2.45) is 5.73 Å². The van der Waals surface area contributed by atoms with Gasteiger partial charge in [0.15, 0.2) is 0 Å². The van der Waals surface area contributed by atoms with E-state index in [4.69, 9.17) is 10.3 Å². The molecule has 0 aromatic rings. The molecule has 0 saturated heterocycles. The van der Waals surface area contributed by atoms with Crippen LogP contribution in [0.15, 0.2) is 0 Å². The van der Waals surface area contributed by atoms with E-state index in [1.165, 1.54) is 0 Å². The van der Waals surface area contributed by atoms with Gasteiger partial charge in [0.05, 0.1) is 0 Å². The number of hydrogen-bond acceptors (Lipinski definition) is 4. The monoisotopic (exact) mass is 195 g/mol. The largest absolute Gasteiger partial charge is 1.00 e. The van der Waals surface area contributed by atoms with Crippen LogP contribution in [-0.4, -0.2) is 25.3 Å². The summed E-state index contributed by atoms with van der Waals surface area (Å²) >= 11 is 0. The fourth-order valence-corrected chi connectivity index (χ4v) is 1.73. The van der Waals surface area contributed by atoms with Crippen LogP contribution in [0.5, 0.6) is 0 Å². The molecule has 0 aromatic heterocycles. The Labute approximate surface area is 87.9 Å². The van der Waals surface area contributed by atoms with Crippen molar-refractivity contribution in [3.63, 3.8) is 0 Å². The van der Waals surface area contributed by atoms with Gasteiger partial charge in [0.25, 0.3) is 0 Å². The number of rotatable bonds is 4. The van der Waals surface area contributed by atoms with Gasteiger partial charge >= 0.3 is 38.7 Å². The standard InChI is InChI=1S/C3H9NO3S2.Na.H/c4-2-1-3-8-9(5,6)7;;/h1-4H2,(H,5,6,7);;/q;+1;-1. The molecule has 0 radical (unpaired) electrons. The van der Waals surface area contributed by atoms with Crippen molar-refractivity contribution in [1.82, 2.24) is 0 Å². The van der Waals surface area contributed by atoms with Crippen LogP contribution in [0.3, 0.4) is 0 Å². The van der Waals surface area contributed by atoms with Gasteiger partial charge < -0.3 is 7.16 Å². The van der Waals surface area contributed by atoms with Gasteiger partial charge in [-0.05, 0) is 23.8 Å². The fourth-order valence-electron chi connectivity index (χ4n) is 0.248. The molecule has 0 amide bonds. The molecule has 0 fully saturated rings. The Hall–Kier alpha value is 1.22.